The fraction of sp³-hybridized carbons (Fsp3) is 0.370. The molecule has 1 atom stereocenters. The van der Waals surface area contributed by atoms with Gasteiger partial charge in [0.1, 0.15) is 17.4 Å². The highest BCUT2D eigenvalue weighted by Crippen LogP contribution is 2.36. The number of benzene rings is 1. The Labute approximate surface area is 221 Å². The van der Waals surface area contributed by atoms with Gasteiger partial charge in [0.25, 0.3) is 0 Å². The number of aromatic nitrogens is 5. The van der Waals surface area contributed by atoms with E-state index in [2.05, 4.69) is 49.1 Å². The molecule has 0 radical (unpaired) electrons. The number of fused-ring (bicyclic) bond motifs is 1. The fourth-order valence-corrected chi connectivity index (χ4v) is 5.19. The normalized spacial score (nSPS) is 15.9. The van der Waals surface area contributed by atoms with Crippen LogP contribution in [0.4, 0.5) is 17.5 Å². The quantitative estimate of drug-likeness (QED) is 0.244. The maximum Gasteiger partial charge on any atom is 0.325 e. The topological polar surface area (TPSA) is 98.0 Å². The minimum atomic E-state index is 0.226. The van der Waals surface area contributed by atoms with E-state index in [0.717, 1.165) is 60.7 Å². The van der Waals surface area contributed by atoms with Gasteiger partial charge in [-0.25, -0.2) is 0 Å². The molecule has 10 heteroatoms. The van der Waals surface area contributed by atoms with Crippen molar-refractivity contribution in [1.29, 1.82) is 0 Å². The van der Waals surface area contributed by atoms with E-state index in [4.69, 9.17) is 21.3 Å². The van der Waals surface area contributed by atoms with Gasteiger partial charge in [0, 0.05) is 47.9 Å². The van der Waals surface area contributed by atoms with Crippen LogP contribution in [0.15, 0.2) is 36.4 Å². The molecule has 4 heterocycles. The van der Waals surface area contributed by atoms with E-state index in [0.29, 0.717) is 28.4 Å². The Kier molecular flexibility index (Phi) is 7.34. The van der Waals surface area contributed by atoms with Crippen LogP contribution in [0.5, 0.6) is 11.8 Å². The maximum absolute atomic E-state index is 6.71. The number of nitrogens with zero attached hydrogens (tertiary/aromatic N) is 5. The monoisotopic (exact) mass is 520 g/mol. The van der Waals surface area contributed by atoms with E-state index in [-0.39, 0.29) is 6.01 Å². The maximum atomic E-state index is 6.71. The minimum Gasteiger partial charge on any atom is -0.423 e. The Hall–Kier alpha value is -3.56. The molecule has 1 saturated heterocycles. The largest absolute Gasteiger partial charge is 0.423 e. The zero-order chi connectivity index (χ0) is 25.9. The van der Waals surface area contributed by atoms with Crippen LogP contribution >= 0.6 is 11.6 Å². The lowest BCUT2D eigenvalue weighted by Gasteiger charge is -2.26. The highest BCUT2D eigenvalue weighted by Gasteiger charge is 2.28. The van der Waals surface area contributed by atoms with Crippen molar-refractivity contribution in [3.8, 4) is 11.8 Å². The SMILES string of the molecule is C/C=C/c1cc(Nc2cc(N3CCC(N(CC)CC)C3)nc(Oc3ccc4[nH]c(C)cc4c3Cl)n2)n[nH]1. The molecule has 1 unspecified atom stereocenters. The Bertz CT molecular complexity index is 1410. The van der Waals surface area contributed by atoms with Crippen molar-refractivity contribution in [3.05, 3.63) is 52.8 Å². The highest BCUT2D eigenvalue weighted by atomic mass is 35.5. The molecule has 0 spiro atoms. The summed E-state index contributed by atoms with van der Waals surface area (Å²) < 4.78 is 6.18. The summed E-state index contributed by atoms with van der Waals surface area (Å²) in [6.07, 6.45) is 5.00. The molecule has 1 aromatic carbocycles. The zero-order valence-electron chi connectivity index (χ0n) is 21.7. The van der Waals surface area contributed by atoms with Gasteiger partial charge < -0.3 is 19.9 Å². The van der Waals surface area contributed by atoms with Gasteiger partial charge in [0.05, 0.1) is 10.7 Å². The fourth-order valence-electron chi connectivity index (χ4n) is 4.93. The second-order valence-electron chi connectivity index (χ2n) is 9.23. The standard InChI is InChI=1S/C27H33ClN8O/c1-5-8-18-14-24(34-33-18)30-23-15-25(36-12-11-19(16-36)35(6-2)7-3)32-27(31-23)37-22-10-9-21-20(26(22)28)13-17(4)29-21/h5,8-10,13-15,19,29H,6-7,11-12,16H2,1-4H3,(H2,30,31,32,33,34)/b8-5+. The Balaban J connectivity index is 1.46. The first-order valence-electron chi connectivity index (χ1n) is 12.8. The Morgan fingerprint density at radius 2 is 2.03 bits per heavy atom. The molecule has 0 bridgehead atoms. The molecular weight excluding hydrogens is 488 g/mol. The third kappa shape index (κ3) is 5.42. The molecule has 1 aliphatic heterocycles. The van der Waals surface area contributed by atoms with Gasteiger partial charge in [0.15, 0.2) is 5.82 Å². The zero-order valence-corrected chi connectivity index (χ0v) is 22.4. The summed E-state index contributed by atoms with van der Waals surface area (Å²) in [4.78, 5) is 17.5. The Morgan fingerprint density at radius 1 is 1.19 bits per heavy atom. The molecule has 37 heavy (non-hydrogen) atoms. The average Bonchev–Trinajstić information content (AvgIpc) is 3.62. The molecule has 5 rings (SSSR count). The Morgan fingerprint density at radius 3 is 2.81 bits per heavy atom. The molecule has 4 aromatic rings. The van der Waals surface area contributed by atoms with Crippen LogP contribution in [0, 0.1) is 6.92 Å². The molecule has 9 nitrogen and oxygen atoms in total. The summed E-state index contributed by atoms with van der Waals surface area (Å²) in [5.41, 5.74) is 2.90. The lowest BCUT2D eigenvalue weighted by molar-refractivity contribution is 0.232. The third-order valence-electron chi connectivity index (χ3n) is 6.75. The van der Waals surface area contributed by atoms with Gasteiger partial charge in [-0.3, -0.25) is 10.00 Å². The van der Waals surface area contributed by atoms with E-state index in [9.17, 15) is 0 Å². The first-order chi connectivity index (χ1) is 18.0. The number of ether oxygens (including phenoxy) is 1. The smallest absolute Gasteiger partial charge is 0.325 e. The van der Waals surface area contributed by atoms with Crippen molar-refractivity contribution >= 4 is 46.0 Å². The predicted octanol–water partition coefficient (Wildman–Crippen LogP) is 6.13. The van der Waals surface area contributed by atoms with Crippen LogP contribution in [0.1, 0.15) is 38.6 Å². The first-order valence-corrected chi connectivity index (χ1v) is 13.1. The summed E-state index contributed by atoms with van der Waals surface area (Å²) in [7, 11) is 0. The van der Waals surface area contributed by atoms with Gasteiger partial charge in [-0.15, -0.1) is 0 Å². The molecule has 1 aliphatic rings. The van der Waals surface area contributed by atoms with E-state index in [1.165, 1.54) is 0 Å². The van der Waals surface area contributed by atoms with E-state index < -0.39 is 0 Å². The number of rotatable bonds is 9. The number of aromatic amines is 2. The van der Waals surface area contributed by atoms with Gasteiger partial charge in [-0.2, -0.15) is 15.1 Å². The van der Waals surface area contributed by atoms with Gasteiger partial charge in [-0.05, 0) is 57.6 Å². The number of halogens is 1. The summed E-state index contributed by atoms with van der Waals surface area (Å²) >= 11 is 6.71. The van der Waals surface area contributed by atoms with Crippen molar-refractivity contribution < 1.29 is 4.74 Å². The molecule has 3 aromatic heterocycles. The number of anilines is 3. The van der Waals surface area contributed by atoms with E-state index >= 15 is 0 Å². The summed E-state index contributed by atoms with van der Waals surface area (Å²) in [5, 5.41) is 12.1. The number of hydrogen-bond donors (Lipinski definition) is 3. The molecule has 3 N–H and O–H groups in total. The minimum absolute atomic E-state index is 0.226. The van der Waals surface area contributed by atoms with Crippen molar-refractivity contribution in [2.24, 2.45) is 0 Å². The third-order valence-corrected chi connectivity index (χ3v) is 7.14. The molecule has 0 amide bonds. The second kappa shape index (κ2) is 10.8. The summed E-state index contributed by atoms with van der Waals surface area (Å²) in [6, 6.07) is 10.4. The van der Waals surface area contributed by atoms with E-state index in [1.807, 2.05) is 56.3 Å². The van der Waals surface area contributed by atoms with Crippen molar-refractivity contribution in [3.63, 3.8) is 0 Å². The van der Waals surface area contributed by atoms with Crippen LogP contribution in [0.2, 0.25) is 5.02 Å². The van der Waals surface area contributed by atoms with Gasteiger partial charge in [-0.1, -0.05) is 31.5 Å². The van der Waals surface area contributed by atoms with E-state index in [1.54, 1.807) is 0 Å². The van der Waals surface area contributed by atoms with Crippen LogP contribution in [-0.4, -0.2) is 62.3 Å². The summed E-state index contributed by atoms with van der Waals surface area (Å²) in [6.45, 7) is 12.3. The lowest BCUT2D eigenvalue weighted by atomic mass is 10.2. The molecule has 194 valence electrons. The van der Waals surface area contributed by atoms with Crippen LogP contribution in [-0.2, 0) is 0 Å². The number of aryl methyl sites for hydroxylation is 1. The number of allylic oxidation sites excluding steroid dienone is 1. The average molecular weight is 521 g/mol. The molecule has 0 aliphatic carbocycles. The second-order valence-corrected chi connectivity index (χ2v) is 9.61. The highest BCUT2D eigenvalue weighted by molar-refractivity contribution is 6.37. The number of nitrogens with one attached hydrogen (secondary N) is 3. The molecular formula is C27H33ClN8O. The van der Waals surface area contributed by atoms with Crippen molar-refractivity contribution in [2.75, 3.05) is 36.4 Å². The van der Waals surface area contributed by atoms with Crippen molar-refractivity contribution in [2.45, 2.75) is 40.2 Å². The molecule has 0 saturated carbocycles. The lowest BCUT2D eigenvalue weighted by Crippen LogP contribution is -2.37. The van der Waals surface area contributed by atoms with Crippen LogP contribution < -0.4 is 15.0 Å². The van der Waals surface area contributed by atoms with Gasteiger partial charge >= 0.3 is 6.01 Å². The molecule has 1 fully saturated rings. The predicted molar refractivity (Wildman–Crippen MR) is 150 cm³/mol. The summed E-state index contributed by atoms with van der Waals surface area (Å²) in [5.74, 6) is 2.57. The van der Waals surface area contributed by atoms with Gasteiger partial charge in [0.2, 0.25) is 0 Å². The number of likely N-dealkylation sites (N-methyl/N-ethyl adjacent to an activating group) is 1. The van der Waals surface area contributed by atoms with Crippen LogP contribution in [0.25, 0.3) is 17.0 Å². The number of hydrogen-bond acceptors (Lipinski definition) is 7. The first kappa shape index (κ1) is 25.1. The number of H-pyrrole nitrogens is 2. The van der Waals surface area contributed by atoms with Crippen molar-refractivity contribution in [1.82, 2.24) is 30.0 Å². The van der Waals surface area contributed by atoms with Crippen LogP contribution in [0.3, 0.4) is 0 Å².